The molecule has 4 rings (SSSR count). The van der Waals surface area contributed by atoms with Gasteiger partial charge in [0.25, 0.3) is 0 Å². The van der Waals surface area contributed by atoms with Gasteiger partial charge in [-0.05, 0) is 44.2 Å². The molecule has 0 bridgehead atoms. The zero-order chi connectivity index (χ0) is 19.9. The molecule has 2 aliphatic heterocycles. The maximum Gasteiger partial charge on any atom is 0.193 e. The number of aromatic nitrogens is 3. The van der Waals surface area contributed by atoms with Gasteiger partial charge in [0, 0.05) is 45.9 Å². The Kier molecular flexibility index (Phi) is 9.13. The second-order valence-corrected chi connectivity index (χ2v) is 7.78. The summed E-state index contributed by atoms with van der Waals surface area (Å²) in [6, 6.07) is 5.94. The molecular weight excluding hydrogens is 495 g/mol. The van der Waals surface area contributed by atoms with Crippen molar-refractivity contribution in [1.29, 1.82) is 0 Å². The van der Waals surface area contributed by atoms with Crippen LogP contribution < -0.4 is 5.32 Å². The lowest BCUT2D eigenvalue weighted by Crippen LogP contribution is -2.47. The summed E-state index contributed by atoms with van der Waals surface area (Å²) in [5.41, 5.74) is 0.882. The third-order valence-corrected chi connectivity index (χ3v) is 5.76. The Hall–Kier alpha value is -1.46. The molecule has 2 aromatic rings. The van der Waals surface area contributed by atoms with E-state index in [1.54, 1.807) is 0 Å². The maximum atomic E-state index is 6.13. The highest BCUT2D eigenvalue weighted by atomic mass is 127. The van der Waals surface area contributed by atoms with E-state index in [1.807, 2.05) is 35.8 Å². The summed E-state index contributed by atoms with van der Waals surface area (Å²) in [6.45, 7) is 4.33. The highest BCUT2D eigenvalue weighted by Crippen LogP contribution is 2.18. The van der Waals surface area contributed by atoms with Gasteiger partial charge in [0.05, 0.1) is 18.8 Å². The summed E-state index contributed by atoms with van der Waals surface area (Å²) < 4.78 is 13.9. The molecule has 0 radical (unpaired) electrons. The number of halogens is 1. The number of guanidine groups is 1. The van der Waals surface area contributed by atoms with Crippen molar-refractivity contribution in [1.82, 2.24) is 24.8 Å². The van der Waals surface area contributed by atoms with Crippen molar-refractivity contribution in [3.05, 3.63) is 30.2 Å². The van der Waals surface area contributed by atoms with E-state index in [0.717, 1.165) is 76.0 Å². The molecule has 2 saturated heterocycles. The van der Waals surface area contributed by atoms with E-state index in [4.69, 9.17) is 9.47 Å². The molecule has 0 spiro atoms. The van der Waals surface area contributed by atoms with Crippen LogP contribution in [0.15, 0.2) is 29.4 Å². The van der Waals surface area contributed by atoms with Crippen LogP contribution in [0.5, 0.6) is 0 Å². The maximum absolute atomic E-state index is 6.13. The Labute approximate surface area is 195 Å². The lowest BCUT2D eigenvalue weighted by molar-refractivity contribution is -0.0721. The van der Waals surface area contributed by atoms with Crippen molar-refractivity contribution in [3.8, 4) is 0 Å². The van der Waals surface area contributed by atoms with Crippen LogP contribution in [0.2, 0.25) is 0 Å². The number of pyridine rings is 1. The third-order valence-electron chi connectivity index (χ3n) is 5.76. The van der Waals surface area contributed by atoms with Gasteiger partial charge in [0.15, 0.2) is 11.6 Å². The Morgan fingerprint density at radius 2 is 2.10 bits per heavy atom. The van der Waals surface area contributed by atoms with Crippen LogP contribution in [0.3, 0.4) is 0 Å². The summed E-state index contributed by atoms with van der Waals surface area (Å²) in [6.07, 6.45) is 9.07. The van der Waals surface area contributed by atoms with Gasteiger partial charge in [-0.3, -0.25) is 9.39 Å². The van der Waals surface area contributed by atoms with Crippen molar-refractivity contribution in [2.45, 2.75) is 50.7 Å². The quantitative estimate of drug-likeness (QED) is 0.353. The van der Waals surface area contributed by atoms with Crippen LogP contribution in [0, 0.1) is 0 Å². The fourth-order valence-corrected chi connectivity index (χ4v) is 4.10. The molecule has 1 unspecified atom stereocenters. The topological polar surface area (TPSA) is 76.3 Å². The molecule has 2 aromatic heterocycles. The monoisotopic (exact) mass is 528 g/mol. The molecule has 2 fully saturated rings. The molecule has 0 aromatic carbocycles. The molecule has 8 nitrogen and oxygen atoms in total. The molecule has 1 atom stereocenters. The number of rotatable bonds is 6. The minimum Gasteiger partial charge on any atom is -0.376 e. The standard InChI is InChI=1S/C21H32N6O2.HI/c1-22-21(23-11-8-20-25-24-19-7-2-4-12-27(19)20)26-13-9-17(10-14-26)29-16-18-6-3-5-15-28-18;/h2,4,7,12,17-18H,3,5-6,8-11,13-16H2,1H3,(H,22,23);1H. The molecule has 2 aliphatic rings. The largest absolute Gasteiger partial charge is 0.376 e. The summed E-state index contributed by atoms with van der Waals surface area (Å²) in [5, 5.41) is 12.0. The predicted octanol–water partition coefficient (Wildman–Crippen LogP) is 2.52. The first kappa shape index (κ1) is 23.2. The van der Waals surface area contributed by atoms with Gasteiger partial charge in [-0.15, -0.1) is 34.2 Å². The Balaban J connectivity index is 0.00000256. The van der Waals surface area contributed by atoms with Crippen molar-refractivity contribution in [3.63, 3.8) is 0 Å². The van der Waals surface area contributed by atoms with Gasteiger partial charge in [-0.1, -0.05) is 6.07 Å². The number of likely N-dealkylation sites (tertiary alicyclic amines) is 1. The number of ether oxygens (including phenoxy) is 2. The molecule has 166 valence electrons. The van der Waals surface area contributed by atoms with Gasteiger partial charge in [0.1, 0.15) is 5.82 Å². The highest BCUT2D eigenvalue weighted by Gasteiger charge is 2.23. The van der Waals surface area contributed by atoms with Crippen LogP contribution in [-0.2, 0) is 15.9 Å². The van der Waals surface area contributed by atoms with Gasteiger partial charge < -0.3 is 19.7 Å². The fraction of sp³-hybridized carbons (Fsp3) is 0.667. The molecule has 0 saturated carbocycles. The second-order valence-electron chi connectivity index (χ2n) is 7.78. The number of fused-ring (bicyclic) bond motifs is 1. The number of hydrogen-bond donors (Lipinski definition) is 1. The van der Waals surface area contributed by atoms with Gasteiger partial charge in [-0.2, -0.15) is 0 Å². The fourth-order valence-electron chi connectivity index (χ4n) is 4.10. The molecule has 0 amide bonds. The van der Waals surface area contributed by atoms with Gasteiger partial charge >= 0.3 is 0 Å². The Morgan fingerprint density at radius 3 is 2.87 bits per heavy atom. The van der Waals surface area contributed by atoms with Crippen molar-refractivity contribution < 1.29 is 9.47 Å². The van der Waals surface area contributed by atoms with Crippen molar-refractivity contribution in [2.75, 3.05) is 39.9 Å². The minimum atomic E-state index is 0. The predicted molar refractivity (Wildman–Crippen MR) is 128 cm³/mol. The van der Waals surface area contributed by atoms with E-state index in [-0.39, 0.29) is 24.0 Å². The molecule has 9 heteroatoms. The van der Waals surface area contributed by atoms with Crippen LogP contribution in [-0.4, -0.2) is 77.6 Å². The van der Waals surface area contributed by atoms with E-state index < -0.39 is 0 Å². The minimum absolute atomic E-state index is 0. The molecule has 0 aliphatic carbocycles. The lowest BCUT2D eigenvalue weighted by Gasteiger charge is -2.35. The second kappa shape index (κ2) is 11.8. The van der Waals surface area contributed by atoms with Crippen molar-refractivity contribution in [2.24, 2.45) is 4.99 Å². The van der Waals surface area contributed by atoms with Crippen LogP contribution in [0.25, 0.3) is 5.65 Å². The lowest BCUT2D eigenvalue weighted by atomic mass is 10.1. The van der Waals surface area contributed by atoms with Crippen LogP contribution in [0.4, 0.5) is 0 Å². The van der Waals surface area contributed by atoms with E-state index in [1.165, 1.54) is 12.8 Å². The first-order valence-electron chi connectivity index (χ1n) is 10.8. The van der Waals surface area contributed by atoms with E-state index in [2.05, 4.69) is 25.4 Å². The van der Waals surface area contributed by atoms with E-state index in [0.29, 0.717) is 12.2 Å². The zero-order valence-corrected chi connectivity index (χ0v) is 20.0. The number of piperidine rings is 1. The van der Waals surface area contributed by atoms with Crippen LogP contribution in [0.1, 0.15) is 37.9 Å². The number of aliphatic imine (C=N–C) groups is 1. The number of nitrogens with one attached hydrogen (secondary N) is 1. The zero-order valence-electron chi connectivity index (χ0n) is 17.7. The molecule has 30 heavy (non-hydrogen) atoms. The number of nitrogens with zero attached hydrogens (tertiary/aromatic N) is 5. The molecular formula is C21H33IN6O2. The normalized spacial score (nSPS) is 20.9. The van der Waals surface area contributed by atoms with Crippen molar-refractivity contribution >= 4 is 35.6 Å². The van der Waals surface area contributed by atoms with Crippen LogP contribution >= 0.6 is 24.0 Å². The smallest absolute Gasteiger partial charge is 0.193 e. The first-order chi connectivity index (χ1) is 14.3. The Bertz CT molecular complexity index is 800. The molecule has 4 heterocycles. The average Bonchev–Trinajstić information content (AvgIpc) is 3.20. The highest BCUT2D eigenvalue weighted by molar-refractivity contribution is 14.0. The average molecular weight is 528 g/mol. The first-order valence-corrected chi connectivity index (χ1v) is 10.8. The summed E-state index contributed by atoms with van der Waals surface area (Å²) in [5.74, 6) is 1.91. The van der Waals surface area contributed by atoms with E-state index >= 15 is 0 Å². The summed E-state index contributed by atoms with van der Waals surface area (Å²) in [4.78, 5) is 6.78. The SMILES string of the molecule is CN=C(NCCc1nnc2ccccn12)N1CCC(OCC2CCCCO2)CC1.I. The van der Waals surface area contributed by atoms with E-state index in [9.17, 15) is 0 Å². The van der Waals surface area contributed by atoms with Gasteiger partial charge in [0.2, 0.25) is 0 Å². The summed E-state index contributed by atoms with van der Waals surface area (Å²) >= 11 is 0. The molecule has 1 N–H and O–H groups in total. The number of hydrogen-bond acceptors (Lipinski definition) is 5. The summed E-state index contributed by atoms with van der Waals surface area (Å²) in [7, 11) is 1.85. The van der Waals surface area contributed by atoms with Gasteiger partial charge in [-0.25, -0.2) is 0 Å². The third kappa shape index (κ3) is 6.04. The Morgan fingerprint density at radius 1 is 1.23 bits per heavy atom.